The van der Waals surface area contributed by atoms with E-state index in [1.165, 1.54) is 11.0 Å². The highest BCUT2D eigenvalue weighted by Crippen LogP contribution is 2.20. The van der Waals surface area contributed by atoms with Gasteiger partial charge in [0.2, 0.25) is 10.0 Å². The number of anilines is 1. The summed E-state index contributed by atoms with van der Waals surface area (Å²) in [7, 11) is -3.53. The number of benzene rings is 1. The molecule has 0 aliphatic rings. The zero-order valence-electron chi connectivity index (χ0n) is 9.41. The SMILES string of the molecule is Cc1ccc(-n2cnnn2)cc1NS(=O)(=O)CCl. The standard InChI is InChI=1S/C9H10ClN5O2S/c1-7-2-3-8(15-6-11-13-14-15)4-9(7)12-18(16,17)5-10/h2-4,6,12H,5H2,1H3. The van der Waals surface area contributed by atoms with E-state index in [-0.39, 0.29) is 0 Å². The van der Waals surface area contributed by atoms with Crippen molar-refractivity contribution in [3.05, 3.63) is 30.1 Å². The third-order valence-electron chi connectivity index (χ3n) is 2.24. The largest absolute Gasteiger partial charge is 0.282 e. The van der Waals surface area contributed by atoms with Crippen LogP contribution >= 0.6 is 11.6 Å². The molecule has 96 valence electrons. The fourth-order valence-electron chi connectivity index (χ4n) is 1.34. The normalized spacial score (nSPS) is 11.4. The van der Waals surface area contributed by atoms with Crippen molar-refractivity contribution in [2.24, 2.45) is 0 Å². The van der Waals surface area contributed by atoms with Gasteiger partial charge in [-0.25, -0.2) is 13.1 Å². The Hall–Kier alpha value is -1.67. The van der Waals surface area contributed by atoms with E-state index in [1.807, 2.05) is 0 Å². The van der Waals surface area contributed by atoms with E-state index >= 15 is 0 Å². The maximum Gasteiger partial charge on any atom is 0.246 e. The van der Waals surface area contributed by atoms with Crippen LogP contribution < -0.4 is 4.72 Å². The van der Waals surface area contributed by atoms with Crippen molar-refractivity contribution < 1.29 is 8.42 Å². The van der Waals surface area contributed by atoms with Gasteiger partial charge in [0.1, 0.15) is 11.5 Å². The number of rotatable bonds is 4. The summed E-state index contributed by atoms with van der Waals surface area (Å²) < 4.78 is 26.7. The first-order chi connectivity index (χ1) is 8.52. The lowest BCUT2D eigenvalue weighted by Gasteiger charge is -2.10. The zero-order valence-corrected chi connectivity index (χ0v) is 11.0. The highest BCUT2D eigenvalue weighted by atomic mass is 35.5. The number of halogens is 1. The molecule has 1 aromatic heterocycles. The summed E-state index contributed by atoms with van der Waals surface area (Å²) in [5.74, 6) is 0. The molecule has 1 aromatic carbocycles. The van der Waals surface area contributed by atoms with E-state index < -0.39 is 15.2 Å². The Kier molecular flexibility index (Phi) is 3.48. The Morgan fingerprint density at radius 2 is 2.22 bits per heavy atom. The Morgan fingerprint density at radius 1 is 1.44 bits per heavy atom. The molecular formula is C9H10ClN5O2S. The van der Waals surface area contributed by atoms with Gasteiger partial charge in [-0.2, -0.15) is 0 Å². The maximum atomic E-state index is 11.4. The van der Waals surface area contributed by atoms with Crippen molar-refractivity contribution in [2.75, 3.05) is 9.93 Å². The molecule has 1 heterocycles. The monoisotopic (exact) mass is 287 g/mol. The van der Waals surface area contributed by atoms with Gasteiger partial charge in [-0.15, -0.1) is 16.7 Å². The molecule has 0 fully saturated rings. The number of nitrogens with one attached hydrogen (secondary N) is 1. The summed E-state index contributed by atoms with van der Waals surface area (Å²) in [4.78, 5) is 0. The fourth-order valence-corrected chi connectivity index (χ4v) is 2.11. The predicted molar refractivity (Wildman–Crippen MR) is 67.2 cm³/mol. The summed E-state index contributed by atoms with van der Waals surface area (Å²) in [6.45, 7) is 1.79. The number of hydrogen-bond acceptors (Lipinski definition) is 5. The Balaban J connectivity index is 2.39. The Bertz CT molecular complexity index is 641. The number of alkyl halides is 1. The summed E-state index contributed by atoms with van der Waals surface area (Å²) >= 11 is 5.35. The number of tetrazole rings is 1. The quantitative estimate of drug-likeness (QED) is 0.844. The second-order valence-electron chi connectivity index (χ2n) is 3.58. The third-order valence-corrected chi connectivity index (χ3v) is 3.92. The molecule has 0 spiro atoms. The van der Waals surface area contributed by atoms with Crippen LogP contribution in [-0.2, 0) is 10.0 Å². The second-order valence-corrected chi connectivity index (χ2v) is 5.89. The fraction of sp³-hybridized carbons (Fsp3) is 0.222. The molecule has 1 N–H and O–H groups in total. The second kappa shape index (κ2) is 4.91. The van der Waals surface area contributed by atoms with E-state index in [0.29, 0.717) is 11.4 Å². The van der Waals surface area contributed by atoms with Gasteiger partial charge in [-0.05, 0) is 35.0 Å². The highest BCUT2D eigenvalue weighted by molar-refractivity contribution is 7.93. The van der Waals surface area contributed by atoms with Crippen LogP contribution in [0.15, 0.2) is 24.5 Å². The van der Waals surface area contributed by atoms with Crippen LogP contribution in [0.1, 0.15) is 5.56 Å². The smallest absolute Gasteiger partial charge is 0.246 e. The lowest BCUT2D eigenvalue weighted by atomic mass is 10.2. The van der Waals surface area contributed by atoms with Crippen LogP contribution in [0.5, 0.6) is 0 Å². The molecule has 0 unspecified atom stereocenters. The Morgan fingerprint density at radius 3 is 2.83 bits per heavy atom. The number of nitrogens with zero attached hydrogens (tertiary/aromatic N) is 4. The molecule has 0 saturated carbocycles. The van der Waals surface area contributed by atoms with Gasteiger partial charge >= 0.3 is 0 Å². The minimum Gasteiger partial charge on any atom is -0.282 e. The molecule has 0 saturated heterocycles. The lowest BCUT2D eigenvalue weighted by Crippen LogP contribution is -2.14. The van der Waals surface area contributed by atoms with Crippen LogP contribution in [0.25, 0.3) is 5.69 Å². The van der Waals surface area contributed by atoms with E-state index in [2.05, 4.69) is 20.2 Å². The first-order valence-corrected chi connectivity index (χ1v) is 7.11. The molecule has 2 aromatic rings. The van der Waals surface area contributed by atoms with E-state index in [0.717, 1.165) is 5.56 Å². The minimum atomic E-state index is -3.53. The van der Waals surface area contributed by atoms with Gasteiger partial charge in [-0.3, -0.25) is 4.72 Å². The number of sulfonamides is 1. The van der Waals surface area contributed by atoms with E-state index in [4.69, 9.17) is 11.6 Å². The molecule has 0 aliphatic heterocycles. The van der Waals surface area contributed by atoms with Gasteiger partial charge in [-0.1, -0.05) is 6.07 Å². The number of aromatic nitrogens is 4. The molecule has 0 atom stereocenters. The predicted octanol–water partition coefficient (Wildman–Crippen LogP) is 0.909. The topological polar surface area (TPSA) is 89.8 Å². The highest BCUT2D eigenvalue weighted by Gasteiger charge is 2.11. The number of aryl methyl sites for hydroxylation is 1. The average molecular weight is 288 g/mol. The van der Waals surface area contributed by atoms with Crippen LogP contribution in [0.2, 0.25) is 0 Å². The van der Waals surface area contributed by atoms with Crippen molar-refractivity contribution in [2.45, 2.75) is 6.92 Å². The molecule has 7 nitrogen and oxygen atoms in total. The Labute approximate surface area is 109 Å². The molecule has 0 amide bonds. The minimum absolute atomic E-state index is 0.448. The van der Waals surface area contributed by atoms with Crippen LogP contribution in [0, 0.1) is 6.92 Å². The first-order valence-electron chi connectivity index (χ1n) is 4.92. The van der Waals surface area contributed by atoms with E-state index in [9.17, 15) is 8.42 Å². The van der Waals surface area contributed by atoms with Crippen molar-refractivity contribution >= 4 is 27.3 Å². The van der Waals surface area contributed by atoms with Gasteiger partial charge in [0.05, 0.1) is 11.4 Å². The van der Waals surface area contributed by atoms with Gasteiger partial charge in [0.15, 0.2) is 0 Å². The molecule has 9 heteroatoms. The zero-order chi connectivity index (χ0) is 13.2. The first kappa shape index (κ1) is 12.8. The summed E-state index contributed by atoms with van der Waals surface area (Å²) in [5, 5.41) is 10.3. The molecule has 0 bridgehead atoms. The van der Waals surface area contributed by atoms with Crippen molar-refractivity contribution in [3.63, 3.8) is 0 Å². The lowest BCUT2D eigenvalue weighted by molar-refractivity contribution is 0.605. The summed E-state index contributed by atoms with van der Waals surface area (Å²) in [6, 6.07) is 5.18. The number of hydrogen-bond donors (Lipinski definition) is 1. The van der Waals surface area contributed by atoms with Gasteiger partial charge < -0.3 is 0 Å². The average Bonchev–Trinajstić information content (AvgIpc) is 2.85. The van der Waals surface area contributed by atoms with E-state index in [1.54, 1.807) is 25.1 Å². The van der Waals surface area contributed by atoms with Crippen LogP contribution in [-0.4, -0.2) is 33.8 Å². The van der Waals surface area contributed by atoms with Crippen LogP contribution in [0.4, 0.5) is 5.69 Å². The molecule has 0 aliphatic carbocycles. The molecule has 18 heavy (non-hydrogen) atoms. The van der Waals surface area contributed by atoms with Gasteiger partial charge in [0.25, 0.3) is 0 Å². The maximum absolute atomic E-state index is 11.4. The third kappa shape index (κ3) is 2.77. The van der Waals surface area contributed by atoms with Crippen molar-refractivity contribution in [3.8, 4) is 5.69 Å². The van der Waals surface area contributed by atoms with Crippen LogP contribution in [0.3, 0.4) is 0 Å². The molecular weight excluding hydrogens is 278 g/mol. The van der Waals surface area contributed by atoms with Gasteiger partial charge in [0, 0.05) is 0 Å². The summed E-state index contributed by atoms with van der Waals surface area (Å²) in [5.41, 5.74) is 1.88. The molecule has 2 rings (SSSR count). The van der Waals surface area contributed by atoms with Crippen molar-refractivity contribution in [1.29, 1.82) is 0 Å². The molecule has 0 radical (unpaired) electrons. The summed E-state index contributed by atoms with van der Waals surface area (Å²) in [6.07, 6.45) is 1.42. The van der Waals surface area contributed by atoms with Crippen molar-refractivity contribution in [1.82, 2.24) is 20.2 Å².